The Morgan fingerprint density at radius 1 is 1.38 bits per heavy atom. The molecule has 0 bridgehead atoms. The van der Waals surface area contributed by atoms with E-state index in [0.29, 0.717) is 31.3 Å². The molecule has 1 aromatic carbocycles. The van der Waals surface area contributed by atoms with Gasteiger partial charge in [0, 0.05) is 36.7 Å². The van der Waals surface area contributed by atoms with E-state index in [2.05, 4.69) is 24.1 Å². The summed E-state index contributed by atoms with van der Waals surface area (Å²) in [5, 5.41) is 3.70. The molecule has 146 valence electrons. The fourth-order valence-electron chi connectivity index (χ4n) is 2.85. The number of hydrogen-bond acceptors (Lipinski definition) is 5. The van der Waals surface area contributed by atoms with Crippen molar-refractivity contribution in [2.45, 2.75) is 19.4 Å². The number of nitrogens with zero attached hydrogens (tertiary/aromatic N) is 2. The molecule has 0 unspecified atom stereocenters. The van der Waals surface area contributed by atoms with Crippen LogP contribution in [0, 0.1) is 0 Å². The topological polar surface area (TPSA) is 54.0 Å². The molecular formula is C19H30ClN3O3. The molecule has 1 N–H and O–H groups in total. The maximum atomic E-state index is 12.2. The van der Waals surface area contributed by atoms with Crippen LogP contribution in [0.2, 0.25) is 5.02 Å². The van der Waals surface area contributed by atoms with Gasteiger partial charge in [-0.2, -0.15) is 0 Å². The van der Waals surface area contributed by atoms with Crippen LogP contribution >= 0.6 is 11.6 Å². The van der Waals surface area contributed by atoms with Crippen LogP contribution in [0.5, 0.6) is 5.75 Å². The van der Waals surface area contributed by atoms with Gasteiger partial charge in [-0.1, -0.05) is 17.7 Å². The highest BCUT2D eigenvalue weighted by molar-refractivity contribution is 6.30. The summed E-state index contributed by atoms with van der Waals surface area (Å²) in [5.74, 6) is 0.763. The monoisotopic (exact) mass is 383 g/mol. The van der Waals surface area contributed by atoms with Gasteiger partial charge in [0.2, 0.25) is 5.91 Å². The maximum absolute atomic E-state index is 12.2. The summed E-state index contributed by atoms with van der Waals surface area (Å²) < 4.78 is 11.1. The Labute approximate surface area is 161 Å². The molecule has 1 aromatic rings. The van der Waals surface area contributed by atoms with E-state index in [9.17, 15) is 4.79 Å². The van der Waals surface area contributed by atoms with Crippen LogP contribution in [-0.4, -0.2) is 80.8 Å². The van der Waals surface area contributed by atoms with E-state index in [1.807, 2.05) is 30.1 Å². The highest BCUT2D eigenvalue weighted by Crippen LogP contribution is 2.17. The molecule has 0 aliphatic carbocycles. The van der Waals surface area contributed by atoms with Gasteiger partial charge in [0.05, 0.1) is 19.8 Å². The van der Waals surface area contributed by atoms with Gasteiger partial charge in [0.15, 0.2) is 0 Å². The third-order valence-corrected chi connectivity index (χ3v) is 4.77. The van der Waals surface area contributed by atoms with Crippen LogP contribution in [0.3, 0.4) is 0 Å². The average molecular weight is 384 g/mol. The summed E-state index contributed by atoms with van der Waals surface area (Å²) in [6.45, 7) is 9.77. The molecule has 1 amide bonds. The zero-order valence-electron chi connectivity index (χ0n) is 16.0. The molecular weight excluding hydrogens is 354 g/mol. The summed E-state index contributed by atoms with van der Waals surface area (Å²) in [6, 6.07) is 7.31. The fraction of sp³-hybridized carbons (Fsp3) is 0.632. The molecule has 0 saturated carbocycles. The minimum Gasteiger partial charge on any atom is -0.492 e. The Hall–Kier alpha value is -1.34. The second-order valence-electron chi connectivity index (χ2n) is 7.23. The number of morpholine rings is 1. The fourth-order valence-corrected chi connectivity index (χ4v) is 3.03. The Kier molecular flexibility index (Phi) is 8.15. The minimum atomic E-state index is -0.0757. The molecule has 2 rings (SSSR count). The van der Waals surface area contributed by atoms with Crippen LogP contribution in [-0.2, 0) is 9.53 Å². The van der Waals surface area contributed by atoms with Crippen molar-refractivity contribution in [3.63, 3.8) is 0 Å². The minimum absolute atomic E-state index is 0.0246. The Morgan fingerprint density at radius 2 is 2.12 bits per heavy atom. The van der Waals surface area contributed by atoms with E-state index in [1.54, 1.807) is 6.07 Å². The van der Waals surface area contributed by atoms with E-state index in [4.69, 9.17) is 21.1 Å². The van der Waals surface area contributed by atoms with Gasteiger partial charge in [-0.3, -0.25) is 14.6 Å². The Morgan fingerprint density at radius 3 is 2.81 bits per heavy atom. The first-order valence-electron chi connectivity index (χ1n) is 9.03. The third kappa shape index (κ3) is 7.11. The lowest BCUT2D eigenvalue weighted by Gasteiger charge is -2.40. The van der Waals surface area contributed by atoms with Crippen LogP contribution < -0.4 is 10.1 Å². The van der Waals surface area contributed by atoms with Crippen LogP contribution in [0.25, 0.3) is 0 Å². The van der Waals surface area contributed by atoms with E-state index in [0.717, 1.165) is 32.1 Å². The third-order valence-electron chi connectivity index (χ3n) is 4.54. The summed E-state index contributed by atoms with van der Waals surface area (Å²) in [5.41, 5.74) is -0.0757. The van der Waals surface area contributed by atoms with Crippen molar-refractivity contribution < 1.29 is 14.3 Å². The highest BCUT2D eigenvalue weighted by Gasteiger charge is 2.28. The number of hydrogen-bond donors (Lipinski definition) is 1. The largest absolute Gasteiger partial charge is 0.492 e. The first-order chi connectivity index (χ1) is 12.4. The van der Waals surface area contributed by atoms with Crippen molar-refractivity contribution in [2.24, 2.45) is 0 Å². The van der Waals surface area contributed by atoms with E-state index in [-0.39, 0.29) is 11.4 Å². The zero-order valence-corrected chi connectivity index (χ0v) is 16.7. The first kappa shape index (κ1) is 21.0. The number of likely N-dealkylation sites (N-methyl/N-ethyl adjacent to an activating group) is 1. The molecule has 1 aliphatic heterocycles. The van der Waals surface area contributed by atoms with Crippen molar-refractivity contribution >= 4 is 17.5 Å². The Balaban J connectivity index is 1.65. The van der Waals surface area contributed by atoms with Gasteiger partial charge in [0.25, 0.3) is 0 Å². The molecule has 1 aliphatic rings. The van der Waals surface area contributed by atoms with E-state index >= 15 is 0 Å². The lowest BCUT2D eigenvalue weighted by Crippen LogP contribution is -2.56. The van der Waals surface area contributed by atoms with Gasteiger partial charge in [-0.05, 0) is 39.1 Å². The van der Waals surface area contributed by atoms with Crippen LogP contribution in [0.15, 0.2) is 24.3 Å². The van der Waals surface area contributed by atoms with E-state index < -0.39 is 0 Å². The SMILES string of the molecule is CN(CCOc1cccc(Cl)c1)CC(=O)NCC(C)(C)N1CCOCC1. The molecule has 1 saturated heterocycles. The number of benzene rings is 1. The molecule has 1 heterocycles. The summed E-state index contributed by atoms with van der Waals surface area (Å²) in [6.07, 6.45) is 0. The first-order valence-corrected chi connectivity index (χ1v) is 9.41. The molecule has 6 nitrogen and oxygen atoms in total. The number of carbonyl (C=O) groups is 1. The lowest BCUT2D eigenvalue weighted by molar-refractivity contribution is -0.122. The van der Waals surface area contributed by atoms with Crippen molar-refractivity contribution in [3.05, 3.63) is 29.3 Å². The molecule has 7 heteroatoms. The second kappa shape index (κ2) is 10.1. The Bertz CT molecular complexity index is 577. The number of nitrogens with one attached hydrogen (secondary N) is 1. The van der Waals surface area contributed by atoms with Gasteiger partial charge in [0.1, 0.15) is 12.4 Å². The quantitative estimate of drug-likeness (QED) is 0.705. The van der Waals surface area contributed by atoms with Gasteiger partial charge >= 0.3 is 0 Å². The highest BCUT2D eigenvalue weighted by atomic mass is 35.5. The molecule has 0 spiro atoms. The smallest absolute Gasteiger partial charge is 0.234 e. The summed E-state index contributed by atoms with van der Waals surface area (Å²) >= 11 is 5.93. The average Bonchev–Trinajstić information content (AvgIpc) is 2.61. The van der Waals surface area contributed by atoms with Gasteiger partial charge in [-0.25, -0.2) is 0 Å². The van der Waals surface area contributed by atoms with Crippen molar-refractivity contribution in [2.75, 3.05) is 59.6 Å². The predicted octanol–water partition coefficient (Wildman–Crippen LogP) is 1.88. The molecule has 1 fully saturated rings. The zero-order chi connectivity index (χ0) is 19.0. The number of carbonyl (C=O) groups excluding carboxylic acids is 1. The van der Waals surface area contributed by atoms with Crippen molar-refractivity contribution in [3.8, 4) is 5.75 Å². The summed E-state index contributed by atoms with van der Waals surface area (Å²) in [4.78, 5) is 16.5. The number of halogens is 1. The maximum Gasteiger partial charge on any atom is 0.234 e. The van der Waals surface area contributed by atoms with Gasteiger partial charge < -0.3 is 14.8 Å². The molecule has 0 radical (unpaired) electrons. The summed E-state index contributed by atoms with van der Waals surface area (Å²) in [7, 11) is 1.91. The van der Waals surface area contributed by atoms with E-state index in [1.165, 1.54) is 0 Å². The van der Waals surface area contributed by atoms with Gasteiger partial charge in [-0.15, -0.1) is 0 Å². The van der Waals surface area contributed by atoms with Crippen molar-refractivity contribution in [1.82, 2.24) is 15.1 Å². The normalized spacial score (nSPS) is 15.9. The molecule has 26 heavy (non-hydrogen) atoms. The van der Waals surface area contributed by atoms with Crippen molar-refractivity contribution in [1.29, 1.82) is 0 Å². The number of amides is 1. The number of ether oxygens (including phenoxy) is 2. The molecule has 0 atom stereocenters. The second-order valence-corrected chi connectivity index (χ2v) is 7.67. The molecule has 0 aromatic heterocycles. The van der Waals surface area contributed by atoms with Crippen LogP contribution in [0.1, 0.15) is 13.8 Å². The standard InChI is InChI=1S/C19H30ClN3O3/c1-19(2,23-8-10-25-11-9-23)15-21-18(24)14-22(3)7-12-26-17-6-4-5-16(20)13-17/h4-6,13H,7-12,14-15H2,1-3H3,(H,21,24). The number of rotatable bonds is 9. The lowest BCUT2D eigenvalue weighted by atomic mass is 10.0. The van der Waals surface area contributed by atoms with Crippen LogP contribution in [0.4, 0.5) is 0 Å². The predicted molar refractivity (Wildman–Crippen MR) is 104 cm³/mol.